The van der Waals surface area contributed by atoms with E-state index in [-0.39, 0.29) is 18.0 Å². The Morgan fingerprint density at radius 3 is 2.33 bits per heavy atom. The molecule has 0 bridgehead atoms. The maximum atomic E-state index is 13.5. The lowest BCUT2D eigenvalue weighted by atomic mass is 9.75. The van der Waals surface area contributed by atoms with E-state index in [4.69, 9.17) is 14.0 Å². The van der Waals surface area contributed by atoms with Gasteiger partial charge in [0.25, 0.3) is 5.91 Å². The molecule has 2 aliphatic heterocycles. The zero-order valence-electron chi connectivity index (χ0n) is 21.9. The Balaban J connectivity index is 1.77. The maximum absolute atomic E-state index is 13.5. The second-order valence-electron chi connectivity index (χ2n) is 10.2. The van der Waals surface area contributed by atoms with Gasteiger partial charge in [-0.2, -0.15) is 0 Å². The number of carbonyl (C=O) groups excluding carboxylic acids is 3. The molecule has 2 atom stereocenters. The molecule has 12 heteroatoms. The van der Waals surface area contributed by atoms with E-state index in [1.807, 2.05) is 27.7 Å². The molecule has 0 radical (unpaired) electrons. The molecule has 0 saturated carbocycles. The summed E-state index contributed by atoms with van der Waals surface area (Å²) in [7, 11) is -0.656. The molecular formula is C24H38BN5O6. The van der Waals surface area contributed by atoms with E-state index in [2.05, 4.69) is 27.5 Å². The summed E-state index contributed by atoms with van der Waals surface area (Å²) in [5, 5.41) is 5.67. The Morgan fingerprint density at radius 2 is 1.75 bits per heavy atom. The summed E-state index contributed by atoms with van der Waals surface area (Å²) < 4.78 is 17.7. The van der Waals surface area contributed by atoms with Crippen molar-refractivity contribution in [3.63, 3.8) is 0 Å². The van der Waals surface area contributed by atoms with Crippen molar-refractivity contribution in [3.05, 3.63) is 24.3 Å². The van der Waals surface area contributed by atoms with Crippen LogP contribution in [0.3, 0.4) is 0 Å². The maximum Gasteiger partial charge on any atom is 0.481 e. The molecule has 1 aromatic heterocycles. The second kappa shape index (κ2) is 12.1. The number of aromatic nitrogens is 2. The molecule has 0 spiro atoms. The zero-order valence-corrected chi connectivity index (χ0v) is 21.9. The molecule has 3 rings (SSSR count). The van der Waals surface area contributed by atoms with Gasteiger partial charge in [-0.25, -0.2) is 4.98 Å². The Kier molecular flexibility index (Phi) is 9.43. The van der Waals surface area contributed by atoms with Crippen LogP contribution in [0, 0.1) is 0 Å². The first-order valence-corrected chi connectivity index (χ1v) is 12.6. The predicted molar refractivity (Wildman–Crippen MR) is 133 cm³/mol. The molecule has 1 aromatic rings. The van der Waals surface area contributed by atoms with Gasteiger partial charge in [0.05, 0.1) is 43.0 Å². The van der Waals surface area contributed by atoms with Crippen LogP contribution in [-0.2, 0) is 23.6 Å². The minimum absolute atomic E-state index is 0.0580. The fourth-order valence-electron chi connectivity index (χ4n) is 4.01. The average molecular weight is 503 g/mol. The third-order valence-electron chi connectivity index (χ3n) is 6.96. The van der Waals surface area contributed by atoms with Crippen molar-refractivity contribution in [1.29, 1.82) is 0 Å². The molecule has 2 fully saturated rings. The third-order valence-corrected chi connectivity index (χ3v) is 6.96. The number of hydrogen-bond acceptors (Lipinski definition) is 8. The van der Waals surface area contributed by atoms with Crippen LogP contribution in [0.5, 0.6) is 0 Å². The van der Waals surface area contributed by atoms with Gasteiger partial charge in [-0.05, 0) is 34.1 Å². The molecule has 2 saturated heterocycles. The summed E-state index contributed by atoms with van der Waals surface area (Å²) in [5.74, 6) is -1.75. The van der Waals surface area contributed by atoms with E-state index in [9.17, 15) is 14.4 Å². The van der Waals surface area contributed by atoms with Gasteiger partial charge in [0, 0.05) is 25.5 Å². The largest absolute Gasteiger partial charge is 0.481 e. The van der Waals surface area contributed by atoms with Crippen molar-refractivity contribution >= 4 is 24.8 Å². The quantitative estimate of drug-likeness (QED) is 0.455. The lowest BCUT2D eigenvalue weighted by molar-refractivity contribution is -0.138. The number of amides is 3. The minimum Gasteiger partial charge on any atom is -0.402 e. The van der Waals surface area contributed by atoms with Gasteiger partial charge < -0.3 is 29.6 Å². The summed E-state index contributed by atoms with van der Waals surface area (Å²) in [6.45, 7) is 11.6. The van der Waals surface area contributed by atoms with Crippen LogP contribution in [0.2, 0.25) is 0 Å². The SMILES string of the molecule is CCCC[C@H](NC(=O)[C@@H](CC(=O)N1CCOCC1)NC(=O)c1cnccn1)B1OC(C)(C)C(C)(C)O1. The highest BCUT2D eigenvalue weighted by Gasteiger charge is 2.54. The number of carbonyl (C=O) groups is 3. The lowest BCUT2D eigenvalue weighted by Gasteiger charge is -2.32. The molecule has 2 N–H and O–H groups in total. The lowest BCUT2D eigenvalue weighted by Crippen LogP contribution is -2.56. The average Bonchev–Trinajstić information content (AvgIpc) is 3.08. The summed E-state index contributed by atoms with van der Waals surface area (Å²) >= 11 is 0. The van der Waals surface area contributed by atoms with Gasteiger partial charge >= 0.3 is 7.12 Å². The summed E-state index contributed by atoms with van der Waals surface area (Å²) in [6.07, 6.45) is 6.35. The van der Waals surface area contributed by atoms with Crippen molar-refractivity contribution in [2.45, 2.75) is 83.5 Å². The van der Waals surface area contributed by atoms with Gasteiger partial charge in [-0.3, -0.25) is 19.4 Å². The minimum atomic E-state index is -1.11. The third kappa shape index (κ3) is 7.01. The molecule has 11 nitrogen and oxygen atoms in total. The Bertz CT molecular complexity index is 894. The van der Waals surface area contributed by atoms with Crippen molar-refractivity contribution in [1.82, 2.24) is 25.5 Å². The number of hydrogen-bond donors (Lipinski definition) is 2. The number of morpholine rings is 1. The van der Waals surface area contributed by atoms with Crippen LogP contribution in [-0.4, -0.2) is 89.2 Å². The molecular weight excluding hydrogens is 465 g/mol. The van der Waals surface area contributed by atoms with Crippen LogP contribution in [0.4, 0.5) is 0 Å². The van der Waals surface area contributed by atoms with E-state index in [0.29, 0.717) is 32.7 Å². The van der Waals surface area contributed by atoms with Crippen LogP contribution >= 0.6 is 0 Å². The van der Waals surface area contributed by atoms with Crippen LogP contribution < -0.4 is 10.6 Å². The predicted octanol–water partition coefficient (Wildman–Crippen LogP) is 1.13. The molecule has 198 valence electrons. The number of nitrogens with one attached hydrogen (secondary N) is 2. The van der Waals surface area contributed by atoms with Crippen LogP contribution in [0.1, 0.15) is 70.8 Å². The highest BCUT2D eigenvalue weighted by molar-refractivity contribution is 6.48. The van der Waals surface area contributed by atoms with Gasteiger partial charge in [0.2, 0.25) is 11.8 Å². The standard InChI is InChI=1S/C24H38BN5O6/c1-6-7-8-19(25-35-23(2,3)24(4,5)36-25)29-21(32)17(15-20(31)30-11-13-34-14-12-30)28-22(33)18-16-26-9-10-27-18/h9-10,16-17,19H,6-8,11-15H2,1-5H3,(H,28,33)(H,29,32)/t17-,19+/m1/s1. The van der Waals surface area contributed by atoms with Gasteiger partial charge in [0.15, 0.2) is 0 Å². The fraction of sp³-hybridized carbons (Fsp3) is 0.708. The fourth-order valence-corrected chi connectivity index (χ4v) is 4.01. The molecule has 0 unspecified atom stereocenters. The van der Waals surface area contributed by atoms with E-state index in [1.54, 1.807) is 4.90 Å². The highest BCUT2D eigenvalue weighted by Crippen LogP contribution is 2.38. The molecule has 3 heterocycles. The molecule has 3 amide bonds. The highest BCUT2D eigenvalue weighted by atomic mass is 16.7. The van der Waals surface area contributed by atoms with Crippen LogP contribution in [0.15, 0.2) is 18.6 Å². The zero-order chi connectivity index (χ0) is 26.3. The number of nitrogens with zero attached hydrogens (tertiary/aromatic N) is 3. The normalized spacial score (nSPS) is 20.5. The molecule has 36 heavy (non-hydrogen) atoms. The second-order valence-corrected chi connectivity index (χ2v) is 10.2. The Morgan fingerprint density at radius 1 is 1.08 bits per heavy atom. The van der Waals surface area contributed by atoms with E-state index < -0.39 is 42.1 Å². The summed E-state index contributed by atoms with van der Waals surface area (Å²) in [5.41, 5.74) is -1.06. The van der Waals surface area contributed by atoms with Gasteiger partial charge in [-0.1, -0.05) is 19.8 Å². The first kappa shape index (κ1) is 28.0. The van der Waals surface area contributed by atoms with Gasteiger partial charge in [-0.15, -0.1) is 0 Å². The van der Waals surface area contributed by atoms with E-state index >= 15 is 0 Å². The molecule has 0 aliphatic carbocycles. The Labute approximate surface area is 213 Å². The Hall–Kier alpha value is -2.57. The van der Waals surface area contributed by atoms with Crippen molar-refractivity contribution < 1.29 is 28.4 Å². The van der Waals surface area contributed by atoms with E-state index in [1.165, 1.54) is 18.6 Å². The monoisotopic (exact) mass is 503 g/mol. The van der Waals surface area contributed by atoms with Crippen molar-refractivity contribution in [2.75, 3.05) is 26.3 Å². The summed E-state index contributed by atoms with van der Waals surface area (Å²) in [6, 6.07) is -1.11. The smallest absolute Gasteiger partial charge is 0.402 e. The molecule has 2 aliphatic rings. The van der Waals surface area contributed by atoms with Crippen LogP contribution in [0.25, 0.3) is 0 Å². The topological polar surface area (TPSA) is 132 Å². The molecule has 0 aromatic carbocycles. The summed E-state index contributed by atoms with van der Waals surface area (Å²) in [4.78, 5) is 48.8. The number of unbranched alkanes of at least 4 members (excludes halogenated alkanes) is 1. The number of rotatable bonds is 10. The first-order chi connectivity index (χ1) is 17.0. The van der Waals surface area contributed by atoms with Crippen molar-refractivity contribution in [2.24, 2.45) is 0 Å². The van der Waals surface area contributed by atoms with E-state index in [0.717, 1.165) is 12.8 Å². The van der Waals surface area contributed by atoms with Gasteiger partial charge in [0.1, 0.15) is 11.7 Å². The van der Waals surface area contributed by atoms with Crippen molar-refractivity contribution in [3.8, 4) is 0 Å². The number of ether oxygens (including phenoxy) is 1. The first-order valence-electron chi connectivity index (χ1n) is 12.6.